The molecular weight excluding hydrogens is 360 g/mol. The molecule has 0 amide bonds. The van der Waals surface area contributed by atoms with Crippen molar-refractivity contribution < 1.29 is 14.9 Å². The van der Waals surface area contributed by atoms with Gasteiger partial charge in [0.1, 0.15) is 0 Å². The van der Waals surface area contributed by atoms with E-state index in [4.69, 9.17) is 4.74 Å². The standard InChI is InChI=1S/C26H40O3/c1-17(2)15-29-16-18(3)23-10-11-24-20(7-6-12-26(23,24)5)8-9-21-13-22(27)14-25(28)19(21)4/h8-9,18,22-25,27-28H,1,4,6-7,10-16H2,2-3,5H3/b20-8+,21-9-/t18-,22-,23-,24+,25?,26?/m1/s1. The summed E-state index contributed by atoms with van der Waals surface area (Å²) in [7, 11) is 0. The third kappa shape index (κ3) is 4.95. The minimum atomic E-state index is -0.615. The number of hydrogen-bond donors (Lipinski definition) is 2. The lowest BCUT2D eigenvalue weighted by molar-refractivity contribution is 0.0413. The van der Waals surface area contributed by atoms with Gasteiger partial charge in [-0.05, 0) is 79.8 Å². The number of ether oxygens (including phenoxy) is 1. The minimum absolute atomic E-state index is 0.344. The lowest BCUT2D eigenvalue weighted by Crippen LogP contribution is -2.37. The molecule has 2 unspecified atom stereocenters. The number of rotatable bonds is 6. The first-order valence-electron chi connectivity index (χ1n) is 11.4. The summed E-state index contributed by atoms with van der Waals surface area (Å²) in [5.74, 6) is 1.89. The second kappa shape index (κ2) is 9.32. The molecular formula is C26H40O3. The van der Waals surface area contributed by atoms with E-state index in [1.165, 1.54) is 25.7 Å². The van der Waals surface area contributed by atoms with Crippen molar-refractivity contribution in [1.82, 2.24) is 0 Å². The van der Waals surface area contributed by atoms with Gasteiger partial charge in [0.25, 0.3) is 0 Å². The van der Waals surface area contributed by atoms with Crippen LogP contribution in [0.1, 0.15) is 65.7 Å². The van der Waals surface area contributed by atoms with Crippen LogP contribution < -0.4 is 0 Å². The third-order valence-corrected chi connectivity index (χ3v) is 7.72. The molecule has 3 aliphatic carbocycles. The summed E-state index contributed by atoms with van der Waals surface area (Å²) >= 11 is 0. The fourth-order valence-electron chi connectivity index (χ4n) is 6.21. The Morgan fingerprint density at radius 2 is 2.07 bits per heavy atom. The fraction of sp³-hybridized carbons (Fsp3) is 0.692. The van der Waals surface area contributed by atoms with Crippen molar-refractivity contribution in [2.45, 2.75) is 77.9 Å². The number of fused-ring (bicyclic) bond motifs is 1. The van der Waals surface area contributed by atoms with E-state index in [2.05, 4.69) is 39.2 Å². The highest BCUT2D eigenvalue weighted by Crippen LogP contribution is 2.59. The zero-order valence-corrected chi connectivity index (χ0v) is 18.6. The van der Waals surface area contributed by atoms with Crippen molar-refractivity contribution in [2.75, 3.05) is 13.2 Å². The van der Waals surface area contributed by atoms with E-state index in [0.717, 1.165) is 29.7 Å². The summed E-state index contributed by atoms with van der Waals surface area (Å²) in [6.45, 7) is 16.3. The SMILES string of the molecule is C=C(C)COC[C@@H](C)[C@H]1CC[C@H]2/C(=C/C=C3/C[C@@H](O)CC(O)C3=C)CCCC12C. The highest BCUT2D eigenvalue weighted by molar-refractivity contribution is 5.38. The highest BCUT2D eigenvalue weighted by Gasteiger charge is 2.50. The first-order chi connectivity index (χ1) is 13.7. The maximum absolute atomic E-state index is 10.1. The van der Waals surface area contributed by atoms with Crippen molar-refractivity contribution in [3.05, 3.63) is 47.6 Å². The van der Waals surface area contributed by atoms with E-state index in [-0.39, 0.29) is 0 Å². The lowest BCUT2D eigenvalue weighted by atomic mass is 9.61. The van der Waals surface area contributed by atoms with E-state index in [0.29, 0.717) is 42.6 Å². The molecule has 0 saturated heterocycles. The molecule has 29 heavy (non-hydrogen) atoms. The molecule has 3 aliphatic rings. The number of hydrogen-bond acceptors (Lipinski definition) is 3. The second-order valence-corrected chi connectivity index (χ2v) is 10.1. The average molecular weight is 401 g/mol. The maximum atomic E-state index is 10.1. The smallest absolute Gasteiger partial charge is 0.0811 e. The molecule has 0 aromatic heterocycles. The van der Waals surface area contributed by atoms with Crippen LogP contribution in [0.25, 0.3) is 0 Å². The summed E-state index contributed by atoms with van der Waals surface area (Å²) in [6, 6.07) is 0. The molecule has 162 valence electrons. The maximum Gasteiger partial charge on any atom is 0.0811 e. The van der Waals surface area contributed by atoms with Gasteiger partial charge in [-0.15, -0.1) is 0 Å². The van der Waals surface area contributed by atoms with Crippen LogP contribution in [0.3, 0.4) is 0 Å². The third-order valence-electron chi connectivity index (χ3n) is 7.72. The van der Waals surface area contributed by atoms with E-state index in [1.807, 2.05) is 6.92 Å². The minimum Gasteiger partial charge on any atom is -0.393 e. The van der Waals surface area contributed by atoms with Gasteiger partial charge in [-0.3, -0.25) is 0 Å². The Labute approximate surface area is 177 Å². The predicted octanol–water partition coefficient (Wildman–Crippen LogP) is 5.36. The van der Waals surface area contributed by atoms with Crippen molar-refractivity contribution in [2.24, 2.45) is 23.2 Å². The first kappa shape index (κ1) is 22.5. The molecule has 0 heterocycles. The second-order valence-electron chi connectivity index (χ2n) is 10.1. The Morgan fingerprint density at radius 1 is 1.31 bits per heavy atom. The van der Waals surface area contributed by atoms with E-state index >= 15 is 0 Å². The molecule has 3 heteroatoms. The van der Waals surface area contributed by atoms with Crippen molar-refractivity contribution in [3.63, 3.8) is 0 Å². The molecule has 6 atom stereocenters. The number of aliphatic hydroxyl groups excluding tert-OH is 2. The lowest BCUT2D eigenvalue weighted by Gasteiger charge is -2.44. The molecule has 0 bridgehead atoms. The molecule has 3 saturated carbocycles. The van der Waals surface area contributed by atoms with Crippen LogP contribution in [0.15, 0.2) is 47.6 Å². The van der Waals surface area contributed by atoms with Gasteiger partial charge in [0.05, 0.1) is 18.8 Å². The van der Waals surface area contributed by atoms with Crippen molar-refractivity contribution >= 4 is 0 Å². The molecule has 0 spiro atoms. The van der Waals surface area contributed by atoms with Crippen LogP contribution >= 0.6 is 0 Å². The normalized spacial score (nSPS) is 39.0. The van der Waals surface area contributed by atoms with Crippen LogP contribution in [0, 0.1) is 23.2 Å². The van der Waals surface area contributed by atoms with E-state index < -0.39 is 12.2 Å². The van der Waals surface area contributed by atoms with Crippen molar-refractivity contribution in [1.29, 1.82) is 0 Å². The molecule has 2 N–H and O–H groups in total. The molecule has 3 rings (SSSR count). The summed E-state index contributed by atoms with van der Waals surface area (Å²) in [4.78, 5) is 0. The quantitative estimate of drug-likeness (QED) is 0.590. The van der Waals surface area contributed by atoms with E-state index in [9.17, 15) is 10.2 Å². The summed E-state index contributed by atoms with van der Waals surface area (Å²) in [5, 5.41) is 20.1. The van der Waals surface area contributed by atoms with Crippen LogP contribution in [0.5, 0.6) is 0 Å². The van der Waals surface area contributed by atoms with Gasteiger partial charge in [0, 0.05) is 13.0 Å². The van der Waals surface area contributed by atoms with Gasteiger partial charge in [-0.2, -0.15) is 0 Å². The molecule has 0 aromatic carbocycles. The number of allylic oxidation sites excluding steroid dienone is 3. The molecule has 3 fully saturated rings. The highest BCUT2D eigenvalue weighted by atomic mass is 16.5. The Bertz CT molecular complexity index is 688. The molecule has 3 nitrogen and oxygen atoms in total. The van der Waals surface area contributed by atoms with Crippen LogP contribution in [-0.4, -0.2) is 35.6 Å². The Kier molecular flexibility index (Phi) is 7.24. The zero-order valence-electron chi connectivity index (χ0n) is 18.6. The summed E-state index contributed by atoms with van der Waals surface area (Å²) in [6.07, 6.45) is 10.6. The summed E-state index contributed by atoms with van der Waals surface area (Å²) in [5.41, 5.74) is 4.76. The largest absolute Gasteiger partial charge is 0.393 e. The molecule has 0 aliphatic heterocycles. The van der Waals surface area contributed by atoms with Crippen molar-refractivity contribution in [3.8, 4) is 0 Å². The topological polar surface area (TPSA) is 49.7 Å². The van der Waals surface area contributed by atoms with Gasteiger partial charge in [0.15, 0.2) is 0 Å². The van der Waals surface area contributed by atoms with Gasteiger partial charge < -0.3 is 14.9 Å². The Balaban J connectivity index is 1.72. The Morgan fingerprint density at radius 3 is 2.79 bits per heavy atom. The molecule has 0 aromatic rings. The summed E-state index contributed by atoms with van der Waals surface area (Å²) < 4.78 is 5.90. The van der Waals surface area contributed by atoms with Crippen LogP contribution in [0.2, 0.25) is 0 Å². The van der Waals surface area contributed by atoms with E-state index in [1.54, 1.807) is 5.57 Å². The van der Waals surface area contributed by atoms with Crippen LogP contribution in [0.4, 0.5) is 0 Å². The van der Waals surface area contributed by atoms with Crippen LogP contribution in [-0.2, 0) is 4.74 Å². The van der Waals surface area contributed by atoms with Gasteiger partial charge >= 0.3 is 0 Å². The van der Waals surface area contributed by atoms with Gasteiger partial charge in [-0.1, -0.05) is 50.3 Å². The first-order valence-corrected chi connectivity index (χ1v) is 11.4. The Hall–Kier alpha value is -1.16. The van der Waals surface area contributed by atoms with Gasteiger partial charge in [0.2, 0.25) is 0 Å². The fourth-order valence-corrected chi connectivity index (χ4v) is 6.21. The average Bonchev–Trinajstić information content (AvgIpc) is 3.00. The zero-order chi connectivity index (χ0) is 21.2. The molecule has 0 radical (unpaired) electrons. The monoisotopic (exact) mass is 400 g/mol. The predicted molar refractivity (Wildman–Crippen MR) is 120 cm³/mol. The number of aliphatic hydroxyl groups is 2. The van der Waals surface area contributed by atoms with Gasteiger partial charge in [-0.25, -0.2) is 0 Å².